The fraction of sp³-hybridized carbons (Fsp3) is 0.0909. The van der Waals surface area contributed by atoms with Crippen molar-refractivity contribution >= 4 is 37.2 Å². The molecule has 0 radical (unpaired) electrons. The van der Waals surface area contributed by atoms with E-state index in [0.717, 1.165) is 12.6 Å². The Kier molecular flexibility index (Phi) is 3.90. The van der Waals surface area contributed by atoms with E-state index >= 15 is 0 Å². The van der Waals surface area contributed by atoms with Crippen LogP contribution in [0.25, 0.3) is 32.7 Å². The molecule has 4 aromatic rings. The molecule has 0 unspecified atom stereocenters. The minimum absolute atomic E-state index is 1.05. The van der Waals surface area contributed by atoms with Gasteiger partial charge in [0.2, 0.25) is 0 Å². The Balaban J connectivity index is 2.21. The maximum Gasteiger partial charge on any atom is 0.107 e. The molecule has 0 aliphatic heterocycles. The maximum atomic E-state index is 2.30. The van der Waals surface area contributed by atoms with Crippen LogP contribution in [0, 0.1) is 0 Å². The Bertz CT molecular complexity index is 949. The highest BCUT2D eigenvalue weighted by molar-refractivity contribution is 6.14. The molecule has 0 aromatic heterocycles. The molecule has 0 heterocycles. The van der Waals surface area contributed by atoms with E-state index in [-0.39, 0.29) is 0 Å². The molecule has 0 saturated carbocycles. The average Bonchev–Trinajstić information content (AvgIpc) is 2.66. The van der Waals surface area contributed by atoms with Crippen LogP contribution in [0.15, 0.2) is 72.8 Å². The third kappa shape index (κ3) is 2.34. The van der Waals surface area contributed by atoms with Crippen LogP contribution < -0.4 is 0 Å². The number of benzene rings is 4. The minimum atomic E-state index is 1.05. The van der Waals surface area contributed by atoms with E-state index in [1.54, 1.807) is 0 Å². The van der Waals surface area contributed by atoms with Crippen LogP contribution >= 0.6 is 0 Å². The predicted octanol–water partition coefficient (Wildman–Crippen LogP) is 3.93. The average molecular weight is 306 g/mol. The SMILES string of the molecule is BCc1ccc2ccccc2c1-c1c(CB)ccc2ccccc12. The predicted molar refractivity (Wildman–Crippen MR) is 111 cm³/mol. The fourth-order valence-electron chi connectivity index (χ4n) is 3.81. The molecule has 114 valence electrons. The molecular weight excluding hydrogens is 286 g/mol. The first-order chi connectivity index (χ1) is 11.8. The largest absolute Gasteiger partial charge is 0.107 e. The van der Waals surface area contributed by atoms with Gasteiger partial charge >= 0.3 is 0 Å². The van der Waals surface area contributed by atoms with Gasteiger partial charge in [0.1, 0.15) is 15.7 Å². The standard InChI is InChI=1S/C22H20B2/c23-13-17-11-9-15-5-1-3-7-19(15)21(17)22-18(14-24)12-10-16-6-2-4-8-20(16)22/h1-12H,13-14,23-24H2. The van der Waals surface area contributed by atoms with Crippen LogP contribution in [-0.4, -0.2) is 15.7 Å². The van der Waals surface area contributed by atoms with Gasteiger partial charge in [-0.25, -0.2) is 0 Å². The Morgan fingerprint density at radius 2 is 0.917 bits per heavy atom. The van der Waals surface area contributed by atoms with Gasteiger partial charge in [0.15, 0.2) is 0 Å². The van der Waals surface area contributed by atoms with E-state index in [1.807, 2.05) is 0 Å². The van der Waals surface area contributed by atoms with Gasteiger partial charge in [-0.1, -0.05) is 85.4 Å². The Morgan fingerprint density at radius 3 is 1.33 bits per heavy atom. The summed E-state index contributed by atoms with van der Waals surface area (Å²) < 4.78 is 0. The lowest BCUT2D eigenvalue weighted by molar-refractivity contribution is 1.38. The summed E-state index contributed by atoms with van der Waals surface area (Å²) in [6, 6.07) is 26.7. The van der Waals surface area contributed by atoms with Crippen molar-refractivity contribution in [2.75, 3.05) is 0 Å². The van der Waals surface area contributed by atoms with Crippen molar-refractivity contribution in [1.82, 2.24) is 0 Å². The van der Waals surface area contributed by atoms with E-state index in [9.17, 15) is 0 Å². The molecule has 0 nitrogen and oxygen atoms in total. The third-order valence-corrected chi connectivity index (χ3v) is 5.04. The number of hydrogen-bond acceptors (Lipinski definition) is 0. The summed E-state index contributed by atoms with van der Waals surface area (Å²) in [6.45, 7) is 0. The van der Waals surface area contributed by atoms with Crippen molar-refractivity contribution in [2.45, 2.75) is 12.6 Å². The second kappa shape index (κ2) is 6.20. The lowest BCUT2D eigenvalue weighted by Crippen LogP contribution is -1.97. The van der Waals surface area contributed by atoms with Crippen LogP contribution in [-0.2, 0) is 12.6 Å². The fourth-order valence-corrected chi connectivity index (χ4v) is 3.81. The Hall–Kier alpha value is -2.47. The van der Waals surface area contributed by atoms with E-state index < -0.39 is 0 Å². The van der Waals surface area contributed by atoms with Gasteiger partial charge in [-0.15, -0.1) is 0 Å². The summed E-state index contributed by atoms with van der Waals surface area (Å²) in [6.07, 6.45) is 2.10. The van der Waals surface area contributed by atoms with Crippen molar-refractivity contribution in [2.24, 2.45) is 0 Å². The molecule has 0 spiro atoms. The molecule has 0 fully saturated rings. The quantitative estimate of drug-likeness (QED) is 0.503. The molecule has 0 bridgehead atoms. The van der Waals surface area contributed by atoms with Gasteiger partial charge in [0.25, 0.3) is 0 Å². The number of fused-ring (bicyclic) bond motifs is 2. The highest BCUT2D eigenvalue weighted by atomic mass is 14.2. The van der Waals surface area contributed by atoms with Gasteiger partial charge in [-0.2, -0.15) is 0 Å². The van der Waals surface area contributed by atoms with Gasteiger partial charge < -0.3 is 0 Å². The first-order valence-corrected chi connectivity index (χ1v) is 8.85. The van der Waals surface area contributed by atoms with Crippen LogP contribution in [0.3, 0.4) is 0 Å². The topological polar surface area (TPSA) is 0 Å². The molecule has 0 atom stereocenters. The first-order valence-electron chi connectivity index (χ1n) is 8.85. The lowest BCUT2D eigenvalue weighted by atomic mass is 9.80. The third-order valence-electron chi connectivity index (χ3n) is 5.04. The molecule has 2 heteroatoms. The van der Waals surface area contributed by atoms with Crippen LogP contribution in [0.5, 0.6) is 0 Å². The van der Waals surface area contributed by atoms with E-state index in [1.165, 1.54) is 43.8 Å². The summed E-state index contributed by atoms with van der Waals surface area (Å²) >= 11 is 0. The van der Waals surface area contributed by atoms with Gasteiger partial charge in [-0.05, 0) is 43.8 Å². The molecule has 4 aromatic carbocycles. The molecule has 0 saturated heterocycles. The molecular formula is C22H20B2. The van der Waals surface area contributed by atoms with Crippen LogP contribution in [0.1, 0.15) is 11.1 Å². The minimum Gasteiger partial charge on any atom is -0.0616 e. The highest BCUT2D eigenvalue weighted by Gasteiger charge is 2.15. The zero-order valence-electron chi connectivity index (χ0n) is 14.3. The number of hydrogen-bond donors (Lipinski definition) is 0. The molecule has 24 heavy (non-hydrogen) atoms. The van der Waals surface area contributed by atoms with Crippen molar-refractivity contribution < 1.29 is 0 Å². The summed E-state index contributed by atoms with van der Waals surface area (Å²) in [4.78, 5) is 0. The van der Waals surface area contributed by atoms with Gasteiger partial charge in [0, 0.05) is 0 Å². The van der Waals surface area contributed by atoms with Crippen molar-refractivity contribution in [3.63, 3.8) is 0 Å². The normalized spacial score (nSPS) is 11.2. The Morgan fingerprint density at radius 1 is 0.500 bits per heavy atom. The summed E-state index contributed by atoms with van der Waals surface area (Å²) in [5, 5.41) is 5.37. The van der Waals surface area contributed by atoms with Gasteiger partial charge in [-0.3, -0.25) is 0 Å². The molecule has 0 N–H and O–H groups in total. The maximum absolute atomic E-state index is 2.30. The molecule has 4 rings (SSSR count). The summed E-state index contributed by atoms with van der Waals surface area (Å²) in [5.74, 6) is 0. The molecule has 0 aliphatic rings. The van der Waals surface area contributed by atoms with Gasteiger partial charge in [0.05, 0.1) is 0 Å². The van der Waals surface area contributed by atoms with E-state index in [2.05, 4.69) is 88.5 Å². The molecule has 0 amide bonds. The number of rotatable bonds is 3. The van der Waals surface area contributed by atoms with Crippen LogP contribution in [0.4, 0.5) is 0 Å². The zero-order chi connectivity index (χ0) is 16.5. The monoisotopic (exact) mass is 306 g/mol. The van der Waals surface area contributed by atoms with Crippen molar-refractivity contribution in [1.29, 1.82) is 0 Å². The van der Waals surface area contributed by atoms with Crippen molar-refractivity contribution in [3.8, 4) is 11.1 Å². The van der Waals surface area contributed by atoms with Crippen molar-refractivity contribution in [3.05, 3.63) is 83.9 Å². The lowest BCUT2D eigenvalue weighted by Gasteiger charge is -2.18. The first kappa shape index (κ1) is 15.1. The van der Waals surface area contributed by atoms with E-state index in [4.69, 9.17) is 0 Å². The molecule has 0 aliphatic carbocycles. The zero-order valence-corrected chi connectivity index (χ0v) is 14.3. The van der Waals surface area contributed by atoms with E-state index in [0.29, 0.717) is 0 Å². The smallest absolute Gasteiger partial charge is 0.0616 e. The van der Waals surface area contributed by atoms with Crippen LogP contribution in [0.2, 0.25) is 0 Å². The Labute approximate surface area is 145 Å². The second-order valence-corrected chi connectivity index (χ2v) is 6.35. The highest BCUT2D eigenvalue weighted by Crippen LogP contribution is 2.39. The second-order valence-electron chi connectivity index (χ2n) is 6.35. The summed E-state index contributed by atoms with van der Waals surface area (Å²) in [5.41, 5.74) is 5.70. The summed E-state index contributed by atoms with van der Waals surface area (Å²) in [7, 11) is 4.51.